The van der Waals surface area contributed by atoms with Crippen molar-refractivity contribution in [3.05, 3.63) is 62.6 Å². The molecule has 2 aromatic rings. The average molecular weight is 348 g/mol. The average Bonchev–Trinajstić information content (AvgIpc) is 2.37. The normalized spacial score (nSPS) is 12.3. The van der Waals surface area contributed by atoms with Gasteiger partial charge in [0.15, 0.2) is 0 Å². The maximum absolute atomic E-state index is 6.52. The largest absolute Gasteiger partial charge is 0.494 e. The van der Waals surface area contributed by atoms with Gasteiger partial charge >= 0.3 is 0 Å². The third kappa shape index (κ3) is 3.47. The first kappa shape index (κ1) is 16.1. The monoisotopic (exact) mass is 347 g/mol. The second kappa shape index (κ2) is 6.63. The third-order valence-corrected chi connectivity index (χ3v) is 4.35. The van der Waals surface area contributed by atoms with Gasteiger partial charge in [0.05, 0.1) is 12.6 Å². The molecule has 0 spiro atoms. The lowest BCUT2D eigenvalue weighted by atomic mass is 9.90. The van der Waals surface area contributed by atoms with Crippen molar-refractivity contribution in [1.29, 1.82) is 0 Å². The van der Waals surface area contributed by atoms with Crippen molar-refractivity contribution in [1.82, 2.24) is 0 Å². The van der Waals surface area contributed by atoms with Crippen molar-refractivity contribution in [3.63, 3.8) is 0 Å². The lowest BCUT2D eigenvalue weighted by Crippen LogP contribution is -2.15. The topological polar surface area (TPSA) is 35.2 Å². The highest BCUT2D eigenvalue weighted by Gasteiger charge is 2.17. The van der Waals surface area contributed by atoms with Crippen LogP contribution in [0.15, 0.2) is 34.8 Å². The summed E-state index contributed by atoms with van der Waals surface area (Å²) in [5.74, 6) is 0.859. The fraction of sp³-hybridized carbons (Fsp3) is 0.333. The molecule has 0 aliphatic rings. The van der Waals surface area contributed by atoms with Crippen LogP contribution in [-0.2, 0) is 0 Å². The quantitative estimate of drug-likeness (QED) is 0.860. The van der Waals surface area contributed by atoms with E-state index in [2.05, 4.69) is 48.8 Å². The second-order valence-electron chi connectivity index (χ2n) is 5.41. The second-order valence-corrected chi connectivity index (χ2v) is 6.26. The molecule has 1 unspecified atom stereocenters. The fourth-order valence-electron chi connectivity index (χ4n) is 2.85. The molecule has 0 aliphatic carbocycles. The van der Waals surface area contributed by atoms with Gasteiger partial charge in [-0.25, -0.2) is 0 Å². The third-order valence-electron chi connectivity index (χ3n) is 3.67. The Balaban J connectivity index is 2.43. The molecule has 2 rings (SSSR count). The van der Waals surface area contributed by atoms with Crippen LogP contribution in [0, 0.1) is 20.8 Å². The molecule has 21 heavy (non-hydrogen) atoms. The van der Waals surface area contributed by atoms with E-state index in [-0.39, 0.29) is 6.04 Å². The van der Waals surface area contributed by atoms with Gasteiger partial charge in [-0.15, -0.1) is 0 Å². The van der Waals surface area contributed by atoms with E-state index in [1.54, 1.807) is 0 Å². The van der Waals surface area contributed by atoms with Gasteiger partial charge in [0.2, 0.25) is 0 Å². The van der Waals surface area contributed by atoms with E-state index >= 15 is 0 Å². The highest BCUT2D eigenvalue weighted by atomic mass is 79.9. The molecule has 3 heteroatoms. The summed E-state index contributed by atoms with van der Waals surface area (Å²) < 4.78 is 6.51. The highest BCUT2D eigenvalue weighted by molar-refractivity contribution is 9.10. The first-order valence-electron chi connectivity index (χ1n) is 7.19. The van der Waals surface area contributed by atoms with Crippen LogP contribution in [0.1, 0.15) is 40.8 Å². The van der Waals surface area contributed by atoms with Gasteiger partial charge < -0.3 is 10.5 Å². The molecular formula is C18H22BrNO. The summed E-state index contributed by atoms with van der Waals surface area (Å²) in [6, 6.07) is 10.2. The molecule has 2 aromatic carbocycles. The number of hydrogen-bond acceptors (Lipinski definition) is 2. The summed E-state index contributed by atoms with van der Waals surface area (Å²) in [6.07, 6.45) is 0. The molecule has 2 nitrogen and oxygen atoms in total. The minimum Gasteiger partial charge on any atom is -0.494 e. The Morgan fingerprint density at radius 3 is 2.24 bits per heavy atom. The molecule has 112 valence electrons. The van der Waals surface area contributed by atoms with Gasteiger partial charge in [0.1, 0.15) is 5.75 Å². The van der Waals surface area contributed by atoms with Crippen molar-refractivity contribution < 1.29 is 4.74 Å². The predicted molar refractivity (Wildman–Crippen MR) is 92.0 cm³/mol. The smallest absolute Gasteiger partial charge is 0.120 e. The Labute approximate surface area is 135 Å². The van der Waals surface area contributed by atoms with Gasteiger partial charge in [-0.2, -0.15) is 0 Å². The van der Waals surface area contributed by atoms with E-state index in [0.717, 1.165) is 15.8 Å². The Hall–Kier alpha value is -1.32. The summed E-state index contributed by atoms with van der Waals surface area (Å²) in [5, 5.41) is 0. The summed E-state index contributed by atoms with van der Waals surface area (Å²) in [5.41, 5.74) is 12.5. The maximum Gasteiger partial charge on any atom is 0.120 e. The lowest BCUT2D eigenvalue weighted by Gasteiger charge is -2.20. The molecule has 0 aliphatic heterocycles. The van der Waals surface area contributed by atoms with E-state index in [9.17, 15) is 0 Å². The van der Waals surface area contributed by atoms with E-state index in [4.69, 9.17) is 10.5 Å². The fourth-order valence-corrected chi connectivity index (χ4v) is 3.46. The molecule has 0 fully saturated rings. The molecule has 0 saturated heterocycles. The zero-order chi connectivity index (χ0) is 15.6. The van der Waals surface area contributed by atoms with E-state index < -0.39 is 0 Å². The number of benzene rings is 2. The maximum atomic E-state index is 6.52. The molecule has 2 N–H and O–H groups in total. The van der Waals surface area contributed by atoms with Crippen LogP contribution in [-0.4, -0.2) is 6.61 Å². The molecule has 0 heterocycles. The van der Waals surface area contributed by atoms with Crippen LogP contribution in [0.25, 0.3) is 0 Å². The van der Waals surface area contributed by atoms with Gasteiger partial charge in [-0.3, -0.25) is 0 Å². The Morgan fingerprint density at radius 1 is 1.10 bits per heavy atom. The zero-order valence-electron chi connectivity index (χ0n) is 13.0. The highest BCUT2D eigenvalue weighted by Crippen LogP contribution is 2.33. The van der Waals surface area contributed by atoms with Crippen LogP contribution in [0.2, 0.25) is 0 Å². The Kier molecular flexibility index (Phi) is 5.07. The van der Waals surface area contributed by atoms with Gasteiger partial charge in [-0.1, -0.05) is 39.7 Å². The van der Waals surface area contributed by atoms with Crippen LogP contribution >= 0.6 is 15.9 Å². The molecule has 1 atom stereocenters. The molecule has 0 aromatic heterocycles. The summed E-state index contributed by atoms with van der Waals surface area (Å²) >= 11 is 3.62. The number of rotatable bonds is 4. The zero-order valence-corrected chi connectivity index (χ0v) is 14.6. The van der Waals surface area contributed by atoms with Crippen LogP contribution in [0.5, 0.6) is 5.75 Å². The summed E-state index contributed by atoms with van der Waals surface area (Å²) in [7, 11) is 0. The SMILES string of the molecule is CCOc1ccc(C(N)c2c(C)cc(C)cc2C)c(Br)c1. The predicted octanol–water partition coefficient (Wildman–Crippen LogP) is 4.82. The first-order chi connectivity index (χ1) is 9.93. The van der Waals surface area contributed by atoms with Crippen LogP contribution in [0.3, 0.4) is 0 Å². The number of aryl methyl sites for hydroxylation is 3. The molecule has 0 amide bonds. The summed E-state index contributed by atoms with van der Waals surface area (Å²) in [4.78, 5) is 0. The van der Waals surface area contributed by atoms with Crippen LogP contribution < -0.4 is 10.5 Å². The van der Waals surface area contributed by atoms with E-state index in [1.807, 2.05) is 25.1 Å². The van der Waals surface area contributed by atoms with Gasteiger partial charge in [0.25, 0.3) is 0 Å². The summed E-state index contributed by atoms with van der Waals surface area (Å²) in [6.45, 7) is 9.00. The lowest BCUT2D eigenvalue weighted by molar-refractivity contribution is 0.340. The molecular weight excluding hydrogens is 326 g/mol. The minimum atomic E-state index is -0.143. The molecule has 0 radical (unpaired) electrons. The van der Waals surface area contributed by atoms with Crippen molar-refractivity contribution >= 4 is 15.9 Å². The number of hydrogen-bond donors (Lipinski definition) is 1. The van der Waals surface area contributed by atoms with E-state index in [0.29, 0.717) is 6.61 Å². The number of nitrogens with two attached hydrogens (primary N) is 1. The van der Waals surface area contributed by atoms with Crippen molar-refractivity contribution in [3.8, 4) is 5.75 Å². The molecule has 0 bridgehead atoms. The molecule has 0 saturated carbocycles. The first-order valence-corrected chi connectivity index (χ1v) is 7.99. The minimum absolute atomic E-state index is 0.143. The van der Waals surface area contributed by atoms with Gasteiger partial charge in [-0.05, 0) is 62.1 Å². The van der Waals surface area contributed by atoms with E-state index in [1.165, 1.54) is 22.3 Å². The van der Waals surface area contributed by atoms with Crippen molar-refractivity contribution in [2.45, 2.75) is 33.7 Å². The van der Waals surface area contributed by atoms with Crippen LogP contribution in [0.4, 0.5) is 0 Å². The van der Waals surface area contributed by atoms with Crippen molar-refractivity contribution in [2.75, 3.05) is 6.61 Å². The van der Waals surface area contributed by atoms with Crippen molar-refractivity contribution in [2.24, 2.45) is 5.73 Å². The number of halogens is 1. The Bertz CT molecular complexity index is 629. The number of ether oxygens (including phenoxy) is 1. The van der Waals surface area contributed by atoms with Gasteiger partial charge in [0, 0.05) is 4.47 Å². The Morgan fingerprint density at radius 2 is 1.71 bits per heavy atom. The standard InChI is InChI=1S/C18H22BrNO/c1-5-21-14-6-7-15(16(19)10-14)18(20)17-12(3)8-11(2)9-13(17)4/h6-10,18H,5,20H2,1-4H3.